The average molecular weight is 264 g/mol. The first-order valence-corrected chi connectivity index (χ1v) is 6.36. The third-order valence-corrected chi connectivity index (χ3v) is 2.61. The molecule has 0 radical (unpaired) electrons. The minimum atomic E-state index is -0.149. The number of benzene rings is 1. The van der Waals surface area contributed by atoms with E-state index in [0.29, 0.717) is 31.5 Å². The van der Waals surface area contributed by atoms with Crippen molar-refractivity contribution in [2.45, 2.75) is 19.8 Å². The predicted octanol–water partition coefficient (Wildman–Crippen LogP) is 0.614. The van der Waals surface area contributed by atoms with Gasteiger partial charge in [0.1, 0.15) is 0 Å². The van der Waals surface area contributed by atoms with E-state index in [0.717, 1.165) is 5.56 Å². The number of hydrogen-bond donors (Lipinski definition) is 3. The first kappa shape index (κ1) is 15.2. The van der Waals surface area contributed by atoms with Gasteiger partial charge in [0.05, 0.1) is 0 Å². The fraction of sp³-hybridized carbons (Fsp3) is 0.429. The highest BCUT2D eigenvalue weighted by molar-refractivity contribution is 5.94. The SMILES string of the molecule is Cc1ccc(C(=O)NCCNC(=O)CCCO)cc1. The van der Waals surface area contributed by atoms with E-state index in [1.807, 2.05) is 19.1 Å². The summed E-state index contributed by atoms with van der Waals surface area (Å²) in [5, 5.41) is 14.0. The summed E-state index contributed by atoms with van der Waals surface area (Å²) in [6, 6.07) is 7.30. The van der Waals surface area contributed by atoms with Crippen LogP contribution >= 0.6 is 0 Å². The second-order valence-corrected chi connectivity index (χ2v) is 4.30. The topological polar surface area (TPSA) is 78.4 Å². The van der Waals surface area contributed by atoms with Gasteiger partial charge in [-0.05, 0) is 25.5 Å². The number of hydrogen-bond acceptors (Lipinski definition) is 3. The lowest BCUT2D eigenvalue weighted by atomic mass is 10.1. The monoisotopic (exact) mass is 264 g/mol. The molecule has 0 spiro atoms. The summed E-state index contributed by atoms with van der Waals surface area (Å²) in [7, 11) is 0. The van der Waals surface area contributed by atoms with Crippen molar-refractivity contribution in [2.24, 2.45) is 0 Å². The van der Waals surface area contributed by atoms with Crippen LogP contribution in [-0.4, -0.2) is 36.6 Å². The van der Waals surface area contributed by atoms with Crippen molar-refractivity contribution in [3.8, 4) is 0 Å². The minimum absolute atomic E-state index is 0.0115. The summed E-state index contributed by atoms with van der Waals surface area (Å²) in [5.74, 6) is -0.261. The van der Waals surface area contributed by atoms with Crippen LogP contribution < -0.4 is 10.6 Å². The van der Waals surface area contributed by atoms with Gasteiger partial charge in [-0.3, -0.25) is 9.59 Å². The van der Waals surface area contributed by atoms with E-state index < -0.39 is 0 Å². The maximum Gasteiger partial charge on any atom is 0.251 e. The fourth-order valence-corrected chi connectivity index (χ4v) is 1.51. The van der Waals surface area contributed by atoms with Crippen molar-refractivity contribution in [1.82, 2.24) is 10.6 Å². The number of carbonyl (C=O) groups excluding carboxylic acids is 2. The molecule has 0 fully saturated rings. The van der Waals surface area contributed by atoms with Gasteiger partial charge < -0.3 is 15.7 Å². The summed E-state index contributed by atoms with van der Waals surface area (Å²) in [5.41, 5.74) is 1.71. The van der Waals surface area contributed by atoms with Crippen LogP contribution in [0.1, 0.15) is 28.8 Å². The maximum absolute atomic E-state index is 11.7. The number of nitrogens with one attached hydrogen (secondary N) is 2. The Morgan fingerprint density at radius 3 is 2.37 bits per heavy atom. The van der Waals surface area contributed by atoms with Gasteiger partial charge in [-0.25, -0.2) is 0 Å². The van der Waals surface area contributed by atoms with Crippen molar-refractivity contribution >= 4 is 11.8 Å². The Labute approximate surface area is 113 Å². The van der Waals surface area contributed by atoms with E-state index in [2.05, 4.69) is 10.6 Å². The second-order valence-electron chi connectivity index (χ2n) is 4.30. The van der Waals surface area contributed by atoms with Gasteiger partial charge in [-0.15, -0.1) is 0 Å². The lowest BCUT2D eigenvalue weighted by molar-refractivity contribution is -0.121. The molecule has 0 heterocycles. The molecular weight excluding hydrogens is 244 g/mol. The van der Waals surface area contributed by atoms with Crippen LogP contribution in [0.3, 0.4) is 0 Å². The third-order valence-electron chi connectivity index (χ3n) is 2.61. The summed E-state index contributed by atoms with van der Waals surface area (Å²) >= 11 is 0. The molecule has 0 aliphatic rings. The van der Waals surface area contributed by atoms with E-state index >= 15 is 0 Å². The largest absolute Gasteiger partial charge is 0.396 e. The number of aliphatic hydroxyl groups excluding tert-OH is 1. The maximum atomic E-state index is 11.7. The summed E-state index contributed by atoms with van der Waals surface area (Å²) in [6.07, 6.45) is 0.768. The zero-order chi connectivity index (χ0) is 14.1. The van der Waals surface area contributed by atoms with Crippen LogP contribution in [0.4, 0.5) is 0 Å². The van der Waals surface area contributed by atoms with Gasteiger partial charge in [0.2, 0.25) is 5.91 Å². The van der Waals surface area contributed by atoms with Crippen LogP contribution in [0.2, 0.25) is 0 Å². The number of aliphatic hydroxyl groups is 1. The van der Waals surface area contributed by atoms with Crippen LogP contribution in [0.5, 0.6) is 0 Å². The molecule has 19 heavy (non-hydrogen) atoms. The Hall–Kier alpha value is -1.88. The predicted molar refractivity (Wildman–Crippen MR) is 72.8 cm³/mol. The molecule has 0 saturated heterocycles. The molecule has 0 atom stereocenters. The van der Waals surface area contributed by atoms with Crippen LogP contribution in [-0.2, 0) is 4.79 Å². The number of aryl methyl sites for hydroxylation is 1. The Bertz CT molecular complexity index is 415. The molecule has 0 unspecified atom stereocenters. The highest BCUT2D eigenvalue weighted by Crippen LogP contribution is 2.02. The quantitative estimate of drug-likeness (QED) is 0.631. The second kappa shape index (κ2) is 8.26. The lowest BCUT2D eigenvalue weighted by Gasteiger charge is -2.07. The Morgan fingerprint density at radius 2 is 1.74 bits per heavy atom. The summed E-state index contributed by atoms with van der Waals surface area (Å²) < 4.78 is 0. The molecule has 0 aliphatic carbocycles. The molecule has 0 aliphatic heterocycles. The minimum Gasteiger partial charge on any atom is -0.396 e. The van der Waals surface area contributed by atoms with Gasteiger partial charge in [0.15, 0.2) is 0 Å². The highest BCUT2D eigenvalue weighted by Gasteiger charge is 2.04. The van der Waals surface area contributed by atoms with Crippen molar-refractivity contribution < 1.29 is 14.7 Å². The first-order valence-electron chi connectivity index (χ1n) is 6.36. The zero-order valence-corrected chi connectivity index (χ0v) is 11.1. The third kappa shape index (κ3) is 6.01. The molecule has 1 aromatic rings. The summed E-state index contributed by atoms with van der Waals surface area (Å²) in [6.45, 7) is 2.75. The van der Waals surface area contributed by atoms with Crippen LogP contribution in [0.25, 0.3) is 0 Å². The van der Waals surface area contributed by atoms with E-state index in [1.54, 1.807) is 12.1 Å². The van der Waals surface area contributed by atoms with Crippen molar-refractivity contribution in [3.05, 3.63) is 35.4 Å². The van der Waals surface area contributed by atoms with Crippen molar-refractivity contribution in [1.29, 1.82) is 0 Å². The molecule has 5 heteroatoms. The summed E-state index contributed by atoms with van der Waals surface area (Å²) in [4.78, 5) is 22.9. The molecule has 0 aromatic heterocycles. The van der Waals surface area contributed by atoms with Crippen molar-refractivity contribution in [2.75, 3.05) is 19.7 Å². The molecule has 5 nitrogen and oxygen atoms in total. The van der Waals surface area contributed by atoms with Crippen LogP contribution in [0.15, 0.2) is 24.3 Å². The molecule has 3 N–H and O–H groups in total. The number of rotatable bonds is 7. The van der Waals surface area contributed by atoms with Gasteiger partial charge >= 0.3 is 0 Å². The molecular formula is C14H20N2O3. The van der Waals surface area contributed by atoms with E-state index in [1.165, 1.54) is 0 Å². The number of carbonyl (C=O) groups is 2. The van der Waals surface area contributed by atoms with Gasteiger partial charge in [0, 0.05) is 31.7 Å². The zero-order valence-electron chi connectivity index (χ0n) is 11.1. The van der Waals surface area contributed by atoms with Gasteiger partial charge in [-0.1, -0.05) is 17.7 Å². The van der Waals surface area contributed by atoms with E-state index in [9.17, 15) is 9.59 Å². The molecule has 1 rings (SSSR count). The Kier molecular flexibility index (Phi) is 6.60. The average Bonchev–Trinajstić information content (AvgIpc) is 2.41. The van der Waals surface area contributed by atoms with E-state index in [4.69, 9.17) is 5.11 Å². The molecule has 2 amide bonds. The lowest BCUT2D eigenvalue weighted by Crippen LogP contribution is -2.34. The smallest absolute Gasteiger partial charge is 0.251 e. The van der Waals surface area contributed by atoms with Gasteiger partial charge in [-0.2, -0.15) is 0 Å². The van der Waals surface area contributed by atoms with Crippen molar-refractivity contribution in [3.63, 3.8) is 0 Å². The number of amides is 2. The molecule has 104 valence electrons. The normalized spacial score (nSPS) is 10.0. The Balaban J connectivity index is 2.20. The van der Waals surface area contributed by atoms with Crippen LogP contribution in [0, 0.1) is 6.92 Å². The van der Waals surface area contributed by atoms with Gasteiger partial charge in [0.25, 0.3) is 5.91 Å². The van der Waals surface area contributed by atoms with E-state index in [-0.39, 0.29) is 18.4 Å². The molecule has 1 aromatic carbocycles. The standard InChI is InChI=1S/C14H20N2O3/c1-11-4-6-12(7-5-11)14(19)16-9-8-15-13(18)3-2-10-17/h4-7,17H,2-3,8-10H2,1H3,(H,15,18)(H,16,19). The fourth-order valence-electron chi connectivity index (χ4n) is 1.51. The molecule has 0 saturated carbocycles. The Morgan fingerprint density at radius 1 is 1.11 bits per heavy atom. The molecule has 0 bridgehead atoms. The first-order chi connectivity index (χ1) is 9.13. The highest BCUT2D eigenvalue weighted by atomic mass is 16.3.